The van der Waals surface area contributed by atoms with Crippen LogP contribution in [0, 0.1) is 6.92 Å². The lowest BCUT2D eigenvalue weighted by atomic mass is 10.0. The highest BCUT2D eigenvalue weighted by Crippen LogP contribution is 2.27. The monoisotopic (exact) mass is 313 g/mol. The summed E-state index contributed by atoms with van der Waals surface area (Å²) in [6.07, 6.45) is 0. The van der Waals surface area contributed by atoms with Crippen LogP contribution in [-0.2, 0) is 11.3 Å². The lowest BCUT2D eigenvalue weighted by molar-refractivity contribution is 0.0601. The Kier molecular flexibility index (Phi) is 3.69. The third-order valence-corrected chi connectivity index (χ3v) is 3.61. The summed E-state index contributed by atoms with van der Waals surface area (Å²) in [7, 11) is 1.33. The van der Waals surface area contributed by atoms with E-state index < -0.39 is 5.97 Å². The van der Waals surface area contributed by atoms with Crippen molar-refractivity contribution in [1.82, 2.24) is 14.9 Å². The number of ether oxygens (including phenoxy) is 1. The van der Waals surface area contributed by atoms with E-state index >= 15 is 0 Å². The van der Waals surface area contributed by atoms with Crippen molar-refractivity contribution >= 4 is 16.9 Å². The molecule has 23 heavy (non-hydrogen) atoms. The first-order valence-corrected chi connectivity index (χ1v) is 7.12. The Hall–Kier alpha value is -2.96. The van der Waals surface area contributed by atoms with E-state index in [-0.39, 0.29) is 11.1 Å². The third kappa shape index (κ3) is 2.40. The highest BCUT2D eigenvalue weighted by molar-refractivity contribution is 5.95. The van der Waals surface area contributed by atoms with Crippen LogP contribution in [-0.4, -0.2) is 28.0 Å². The van der Waals surface area contributed by atoms with Gasteiger partial charge in [-0.2, -0.15) is 5.10 Å². The number of carbonyl (C=O) groups excluding carboxylic acids is 1. The number of nitrogens with zero attached hydrogens (tertiary/aromatic N) is 3. The van der Waals surface area contributed by atoms with Crippen LogP contribution in [0.2, 0.25) is 0 Å². The van der Waals surface area contributed by atoms with Gasteiger partial charge in [0.05, 0.1) is 18.1 Å². The normalized spacial score (nSPS) is 10.9. The molecule has 0 aliphatic carbocycles. The molecule has 0 atom stereocenters. The quantitative estimate of drug-likeness (QED) is 0.689. The Balaban J connectivity index is 2.32. The van der Waals surface area contributed by atoms with Crippen LogP contribution in [0.4, 0.5) is 0 Å². The van der Waals surface area contributed by atoms with Gasteiger partial charge in [0.25, 0.3) is 5.56 Å². The fraction of sp³-hybridized carbons (Fsp3) is 0.250. The second-order valence-corrected chi connectivity index (χ2v) is 5.00. The largest absolute Gasteiger partial charge is 0.465 e. The molecule has 7 heteroatoms. The first kappa shape index (κ1) is 15.0. The first-order valence-electron chi connectivity index (χ1n) is 7.12. The van der Waals surface area contributed by atoms with Crippen molar-refractivity contribution in [2.24, 2.45) is 0 Å². The summed E-state index contributed by atoms with van der Waals surface area (Å²) < 4.78 is 11.2. The molecule has 0 bridgehead atoms. The summed E-state index contributed by atoms with van der Waals surface area (Å²) in [5.41, 5.74) is 1.57. The molecule has 0 fully saturated rings. The van der Waals surface area contributed by atoms with Crippen LogP contribution in [0.5, 0.6) is 0 Å². The molecular weight excluding hydrogens is 298 g/mol. The van der Waals surface area contributed by atoms with Crippen molar-refractivity contribution in [3.05, 3.63) is 45.9 Å². The van der Waals surface area contributed by atoms with Gasteiger partial charge in [0.15, 0.2) is 5.52 Å². The Morgan fingerprint density at radius 3 is 2.87 bits per heavy atom. The van der Waals surface area contributed by atoms with E-state index in [4.69, 9.17) is 9.26 Å². The van der Waals surface area contributed by atoms with E-state index in [0.29, 0.717) is 34.5 Å². The number of hydrogen-bond acceptors (Lipinski definition) is 6. The minimum absolute atomic E-state index is 0.234. The molecule has 0 unspecified atom stereocenters. The maximum absolute atomic E-state index is 12.3. The van der Waals surface area contributed by atoms with Crippen LogP contribution in [0.1, 0.15) is 23.0 Å². The molecule has 0 aliphatic rings. The second kappa shape index (κ2) is 5.68. The SMILES string of the molecule is CCn1nc(-c2cccc(C(=O)OC)c2)c2c(C)onc2c1=O. The molecule has 0 saturated heterocycles. The number of rotatable bonds is 3. The highest BCUT2D eigenvalue weighted by Gasteiger charge is 2.19. The van der Waals surface area contributed by atoms with Crippen molar-refractivity contribution in [2.45, 2.75) is 20.4 Å². The highest BCUT2D eigenvalue weighted by atomic mass is 16.5. The molecule has 118 valence electrons. The topological polar surface area (TPSA) is 87.2 Å². The average Bonchev–Trinajstić information content (AvgIpc) is 2.97. The number of aryl methyl sites for hydroxylation is 2. The van der Waals surface area contributed by atoms with Crippen LogP contribution in [0.15, 0.2) is 33.6 Å². The first-order chi connectivity index (χ1) is 11.1. The molecule has 0 aliphatic heterocycles. The molecule has 3 aromatic rings. The molecule has 7 nitrogen and oxygen atoms in total. The van der Waals surface area contributed by atoms with Gasteiger partial charge >= 0.3 is 5.97 Å². The summed E-state index contributed by atoms with van der Waals surface area (Å²) in [5.74, 6) is 0.0697. The van der Waals surface area contributed by atoms with E-state index in [1.807, 2.05) is 13.0 Å². The van der Waals surface area contributed by atoms with Crippen molar-refractivity contribution in [3.8, 4) is 11.3 Å². The molecule has 0 radical (unpaired) electrons. The molecular formula is C16H15N3O4. The van der Waals surface area contributed by atoms with Gasteiger partial charge in [-0.15, -0.1) is 0 Å². The number of methoxy groups -OCH3 is 1. The second-order valence-electron chi connectivity index (χ2n) is 5.00. The molecule has 2 aromatic heterocycles. The van der Waals surface area contributed by atoms with Crippen LogP contribution >= 0.6 is 0 Å². The lowest BCUT2D eigenvalue weighted by Crippen LogP contribution is -2.23. The molecule has 0 amide bonds. The van der Waals surface area contributed by atoms with Gasteiger partial charge in [-0.1, -0.05) is 17.3 Å². The predicted molar refractivity (Wildman–Crippen MR) is 83.3 cm³/mol. The van der Waals surface area contributed by atoms with E-state index in [9.17, 15) is 9.59 Å². The fourth-order valence-corrected chi connectivity index (χ4v) is 2.46. The van der Waals surface area contributed by atoms with Gasteiger partial charge in [-0.05, 0) is 26.0 Å². The zero-order chi connectivity index (χ0) is 16.6. The van der Waals surface area contributed by atoms with Gasteiger partial charge in [-0.3, -0.25) is 4.79 Å². The summed E-state index contributed by atoms with van der Waals surface area (Å²) >= 11 is 0. The number of carbonyl (C=O) groups is 1. The summed E-state index contributed by atoms with van der Waals surface area (Å²) in [4.78, 5) is 24.0. The third-order valence-electron chi connectivity index (χ3n) is 3.61. The zero-order valence-electron chi connectivity index (χ0n) is 13.0. The standard InChI is InChI=1S/C16H15N3O4/c1-4-19-15(20)14-12(9(2)23-18-14)13(17-19)10-6-5-7-11(8-10)16(21)22-3/h5-8H,4H2,1-3H3. The van der Waals surface area contributed by atoms with Crippen molar-refractivity contribution in [2.75, 3.05) is 7.11 Å². The molecule has 0 saturated carbocycles. The zero-order valence-corrected chi connectivity index (χ0v) is 13.0. The number of fused-ring (bicyclic) bond motifs is 1. The Bertz CT molecular complexity index is 956. The van der Waals surface area contributed by atoms with Crippen molar-refractivity contribution < 1.29 is 14.1 Å². The molecule has 1 aromatic carbocycles. The predicted octanol–water partition coefficient (Wildman–Crippen LogP) is 2.17. The fourth-order valence-electron chi connectivity index (χ4n) is 2.46. The van der Waals surface area contributed by atoms with Gasteiger partial charge in [0, 0.05) is 12.1 Å². The Morgan fingerprint density at radius 2 is 2.17 bits per heavy atom. The number of esters is 1. The summed E-state index contributed by atoms with van der Waals surface area (Å²) in [6, 6.07) is 6.87. The smallest absolute Gasteiger partial charge is 0.337 e. The average molecular weight is 313 g/mol. The number of hydrogen-bond donors (Lipinski definition) is 0. The van der Waals surface area contributed by atoms with Gasteiger partial charge in [0.1, 0.15) is 11.5 Å². The van der Waals surface area contributed by atoms with Gasteiger partial charge in [0.2, 0.25) is 0 Å². The number of aromatic nitrogens is 3. The molecule has 0 N–H and O–H groups in total. The van der Waals surface area contributed by atoms with Crippen LogP contribution in [0.25, 0.3) is 22.2 Å². The Labute approximate surface area is 131 Å². The minimum Gasteiger partial charge on any atom is -0.465 e. The van der Waals surface area contributed by atoms with Crippen LogP contribution in [0.3, 0.4) is 0 Å². The van der Waals surface area contributed by atoms with Gasteiger partial charge < -0.3 is 9.26 Å². The van der Waals surface area contributed by atoms with Gasteiger partial charge in [-0.25, -0.2) is 9.48 Å². The van der Waals surface area contributed by atoms with Crippen LogP contribution < -0.4 is 5.56 Å². The number of benzene rings is 1. The Morgan fingerprint density at radius 1 is 1.39 bits per heavy atom. The molecule has 3 rings (SSSR count). The maximum Gasteiger partial charge on any atom is 0.337 e. The minimum atomic E-state index is -0.436. The summed E-state index contributed by atoms with van der Waals surface area (Å²) in [6.45, 7) is 3.95. The lowest BCUT2D eigenvalue weighted by Gasteiger charge is -2.08. The van der Waals surface area contributed by atoms with E-state index in [1.165, 1.54) is 11.8 Å². The van der Waals surface area contributed by atoms with E-state index in [0.717, 1.165) is 0 Å². The molecule has 2 heterocycles. The molecule has 0 spiro atoms. The summed E-state index contributed by atoms with van der Waals surface area (Å²) in [5, 5.41) is 8.80. The maximum atomic E-state index is 12.3. The van der Waals surface area contributed by atoms with Crippen molar-refractivity contribution in [3.63, 3.8) is 0 Å². The van der Waals surface area contributed by atoms with E-state index in [1.54, 1.807) is 25.1 Å². The van der Waals surface area contributed by atoms with E-state index in [2.05, 4.69) is 10.3 Å². The van der Waals surface area contributed by atoms with Crippen molar-refractivity contribution in [1.29, 1.82) is 0 Å².